The van der Waals surface area contributed by atoms with Crippen LogP contribution in [0, 0.1) is 0 Å². The first-order valence-corrected chi connectivity index (χ1v) is 10.3. The van der Waals surface area contributed by atoms with Crippen molar-refractivity contribution in [3.63, 3.8) is 0 Å². The summed E-state index contributed by atoms with van der Waals surface area (Å²) in [5.74, 6) is 0. The molecule has 0 fully saturated rings. The Morgan fingerprint density at radius 3 is 2.31 bits per heavy atom. The lowest BCUT2D eigenvalue weighted by Crippen LogP contribution is -1.87. The van der Waals surface area contributed by atoms with E-state index in [2.05, 4.69) is 70.6 Å². The first kappa shape index (κ1) is 16.3. The van der Waals surface area contributed by atoms with E-state index in [-0.39, 0.29) is 0 Å². The molecule has 29 heavy (non-hydrogen) atoms. The average molecular weight is 389 g/mol. The van der Waals surface area contributed by atoms with Crippen molar-refractivity contribution in [2.75, 3.05) is 0 Å². The molecule has 136 valence electrons. The third kappa shape index (κ3) is 2.85. The molecule has 4 heterocycles. The molecule has 0 bridgehead atoms. The molecule has 0 N–H and O–H groups in total. The van der Waals surface area contributed by atoms with Gasteiger partial charge in [-0.05, 0) is 53.4 Å². The zero-order chi connectivity index (χ0) is 19.2. The summed E-state index contributed by atoms with van der Waals surface area (Å²) >= 11 is 1.82. The van der Waals surface area contributed by atoms with Crippen molar-refractivity contribution in [3.8, 4) is 21.6 Å². The van der Waals surface area contributed by atoms with E-state index in [9.17, 15) is 0 Å². The van der Waals surface area contributed by atoms with Crippen LogP contribution in [0.15, 0.2) is 91.4 Å². The lowest BCUT2D eigenvalue weighted by atomic mass is 10.0. The maximum Gasteiger partial charge on any atom is 0.0892 e. The molecule has 0 saturated heterocycles. The van der Waals surface area contributed by atoms with E-state index in [1.54, 1.807) is 6.20 Å². The van der Waals surface area contributed by atoms with Crippen LogP contribution in [0.2, 0.25) is 0 Å². The number of fused-ring (bicyclic) bond motifs is 3. The van der Waals surface area contributed by atoms with Crippen molar-refractivity contribution in [3.05, 3.63) is 91.4 Å². The molecule has 0 saturated carbocycles. The second-order valence-corrected chi connectivity index (χ2v) is 8.13. The number of aromatic nitrogens is 3. The molecule has 0 radical (unpaired) electrons. The topological polar surface area (TPSA) is 38.7 Å². The number of hydrogen-bond acceptors (Lipinski definition) is 4. The SMILES string of the molecule is c1ccc2sc(-c3ccc4cc(-c5cnc6cccnc6c5)cnc4c3)cc2c1. The Balaban J connectivity index is 1.42. The van der Waals surface area contributed by atoms with E-state index in [0.29, 0.717) is 0 Å². The summed E-state index contributed by atoms with van der Waals surface area (Å²) in [5, 5.41) is 2.40. The molecule has 0 aliphatic carbocycles. The number of hydrogen-bond donors (Lipinski definition) is 0. The van der Waals surface area contributed by atoms with Crippen molar-refractivity contribution in [2.24, 2.45) is 0 Å². The van der Waals surface area contributed by atoms with E-state index in [0.717, 1.165) is 33.1 Å². The molecular formula is C25H15N3S. The van der Waals surface area contributed by atoms with Crippen molar-refractivity contribution in [1.82, 2.24) is 15.0 Å². The van der Waals surface area contributed by atoms with Gasteiger partial charge in [0.05, 0.1) is 16.6 Å². The molecule has 0 unspecified atom stereocenters. The van der Waals surface area contributed by atoms with Crippen LogP contribution >= 0.6 is 11.3 Å². The quantitative estimate of drug-likeness (QED) is 0.330. The van der Waals surface area contributed by atoms with Gasteiger partial charge in [0, 0.05) is 44.7 Å². The smallest absolute Gasteiger partial charge is 0.0892 e. The molecule has 3 nitrogen and oxygen atoms in total. The standard InChI is InChI=1S/C25H15N3S/c1-2-6-24-17(4-1)13-25(29-24)18-8-7-16-10-19(14-28-22(16)11-18)20-12-23-21(27-15-20)5-3-9-26-23/h1-15H. The summed E-state index contributed by atoms with van der Waals surface area (Å²) in [7, 11) is 0. The largest absolute Gasteiger partial charge is 0.256 e. The van der Waals surface area contributed by atoms with Crippen LogP contribution in [-0.4, -0.2) is 15.0 Å². The van der Waals surface area contributed by atoms with Crippen LogP contribution < -0.4 is 0 Å². The number of rotatable bonds is 2. The van der Waals surface area contributed by atoms with E-state index in [4.69, 9.17) is 4.98 Å². The Morgan fingerprint density at radius 2 is 1.38 bits per heavy atom. The van der Waals surface area contributed by atoms with E-state index >= 15 is 0 Å². The van der Waals surface area contributed by atoms with E-state index in [1.165, 1.54) is 20.5 Å². The maximum atomic E-state index is 4.73. The van der Waals surface area contributed by atoms with Gasteiger partial charge in [-0.3, -0.25) is 15.0 Å². The predicted octanol–water partition coefficient (Wildman–Crippen LogP) is 6.73. The van der Waals surface area contributed by atoms with Crippen LogP contribution in [0.4, 0.5) is 0 Å². The van der Waals surface area contributed by atoms with Gasteiger partial charge in [0.1, 0.15) is 0 Å². The molecular weight excluding hydrogens is 374 g/mol. The lowest BCUT2D eigenvalue weighted by molar-refractivity contribution is 1.33. The van der Waals surface area contributed by atoms with Crippen LogP contribution in [0.3, 0.4) is 0 Å². The first-order chi connectivity index (χ1) is 14.3. The molecule has 6 rings (SSSR count). The Morgan fingerprint density at radius 1 is 0.552 bits per heavy atom. The van der Waals surface area contributed by atoms with Crippen LogP contribution in [0.5, 0.6) is 0 Å². The highest BCUT2D eigenvalue weighted by molar-refractivity contribution is 7.22. The molecule has 6 aromatic rings. The fourth-order valence-corrected chi connectivity index (χ4v) is 4.73. The van der Waals surface area contributed by atoms with Crippen molar-refractivity contribution >= 4 is 43.4 Å². The zero-order valence-electron chi connectivity index (χ0n) is 15.4. The molecule has 0 spiro atoms. The first-order valence-electron chi connectivity index (χ1n) is 9.43. The van der Waals surface area contributed by atoms with Gasteiger partial charge in [0.25, 0.3) is 0 Å². The molecule has 4 aromatic heterocycles. The molecule has 0 aliphatic rings. The predicted molar refractivity (Wildman–Crippen MR) is 121 cm³/mol. The second-order valence-electron chi connectivity index (χ2n) is 7.05. The highest BCUT2D eigenvalue weighted by atomic mass is 32.1. The molecule has 0 aliphatic heterocycles. The van der Waals surface area contributed by atoms with Gasteiger partial charge >= 0.3 is 0 Å². The number of thiophene rings is 1. The maximum absolute atomic E-state index is 4.73. The third-order valence-electron chi connectivity index (χ3n) is 5.18. The number of benzene rings is 2. The third-order valence-corrected chi connectivity index (χ3v) is 6.34. The minimum absolute atomic E-state index is 0.894. The molecule has 0 amide bonds. The second kappa shape index (κ2) is 6.47. The minimum Gasteiger partial charge on any atom is -0.256 e. The zero-order valence-corrected chi connectivity index (χ0v) is 16.2. The lowest BCUT2D eigenvalue weighted by Gasteiger charge is -2.06. The Bertz CT molecular complexity index is 1480. The van der Waals surface area contributed by atoms with Gasteiger partial charge in [-0.25, -0.2) is 0 Å². The van der Waals surface area contributed by atoms with Gasteiger partial charge < -0.3 is 0 Å². The number of nitrogens with zero attached hydrogens (tertiary/aromatic N) is 3. The summed E-state index contributed by atoms with van der Waals surface area (Å²) in [6, 6.07) is 25.4. The summed E-state index contributed by atoms with van der Waals surface area (Å²) in [4.78, 5) is 14.9. The monoisotopic (exact) mass is 389 g/mol. The highest BCUT2D eigenvalue weighted by Gasteiger charge is 2.08. The van der Waals surface area contributed by atoms with Crippen molar-refractivity contribution < 1.29 is 0 Å². The Labute approximate surface area is 171 Å². The van der Waals surface area contributed by atoms with Crippen molar-refractivity contribution in [1.29, 1.82) is 0 Å². The Hall–Kier alpha value is -3.63. The summed E-state index contributed by atoms with van der Waals surface area (Å²) in [5.41, 5.74) is 6.07. The normalized spacial score (nSPS) is 11.4. The fraction of sp³-hybridized carbons (Fsp3) is 0. The van der Waals surface area contributed by atoms with Gasteiger partial charge in [-0.15, -0.1) is 11.3 Å². The number of pyridine rings is 3. The highest BCUT2D eigenvalue weighted by Crippen LogP contribution is 2.35. The van der Waals surface area contributed by atoms with Gasteiger partial charge in [-0.1, -0.05) is 30.3 Å². The molecule has 2 aromatic carbocycles. The van der Waals surface area contributed by atoms with Gasteiger partial charge in [0.15, 0.2) is 0 Å². The van der Waals surface area contributed by atoms with Crippen molar-refractivity contribution in [2.45, 2.75) is 0 Å². The summed E-state index contributed by atoms with van der Waals surface area (Å²) in [6.45, 7) is 0. The van der Waals surface area contributed by atoms with E-state index in [1.807, 2.05) is 35.9 Å². The molecule has 4 heteroatoms. The average Bonchev–Trinajstić information content (AvgIpc) is 3.22. The van der Waals surface area contributed by atoms with Gasteiger partial charge in [-0.2, -0.15) is 0 Å². The van der Waals surface area contributed by atoms with Crippen LogP contribution in [-0.2, 0) is 0 Å². The Kier molecular flexibility index (Phi) is 3.64. The van der Waals surface area contributed by atoms with Crippen LogP contribution in [0.25, 0.3) is 53.6 Å². The van der Waals surface area contributed by atoms with Crippen LogP contribution in [0.1, 0.15) is 0 Å². The molecule has 0 atom stereocenters. The van der Waals surface area contributed by atoms with Gasteiger partial charge in [0.2, 0.25) is 0 Å². The summed E-state index contributed by atoms with van der Waals surface area (Å²) < 4.78 is 1.31. The summed E-state index contributed by atoms with van der Waals surface area (Å²) in [6.07, 6.45) is 5.60. The minimum atomic E-state index is 0.894. The fourth-order valence-electron chi connectivity index (χ4n) is 3.67. The van der Waals surface area contributed by atoms with E-state index < -0.39 is 0 Å².